The van der Waals surface area contributed by atoms with E-state index in [-0.39, 0.29) is 13.2 Å². The van der Waals surface area contributed by atoms with Gasteiger partial charge in [-0.05, 0) is 96.8 Å². The van der Waals surface area contributed by atoms with Gasteiger partial charge in [-0.15, -0.1) is 10.2 Å². The molecule has 46 heavy (non-hydrogen) atoms. The third-order valence-corrected chi connectivity index (χ3v) is 6.89. The fourth-order valence-electron chi connectivity index (χ4n) is 4.40. The molecular formula is C34H32N6O6. The second-order valence-electron chi connectivity index (χ2n) is 10.1. The number of aryl methyl sites for hydroxylation is 2. The molecule has 0 radical (unpaired) electrons. The molecule has 234 valence electrons. The van der Waals surface area contributed by atoms with E-state index in [4.69, 9.17) is 27.8 Å². The molecule has 6 rings (SSSR count). The van der Waals surface area contributed by atoms with Crippen molar-refractivity contribution in [3.05, 3.63) is 120 Å². The third kappa shape index (κ3) is 8.32. The zero-order valence-corrected chi connectivity index (χ0v) is 25.3. The second-order valence-corrected chi connectivity index (χ2v) is 10.1. The Kier molecular flexibility index (Phi) is 9.54. The van der Waals surface area contributed by atoms with Crippen molar-refractivity contribution in [3.8, 4) is 23.0 Å². The van der Waals surface area contributed by atoms with Gasteiger partial charge in [0.15, 0.2) is 13.2 Å². The highest BCUT2D eigenvalue weighted by Gasteiger charge is 2.09. The molecule has 0 aliphatic carbocycles. The largest absolute Gasteiger partial charge is 0.497 e. The molecule has 12 heteroatoms. The van der Waals surface area contributed by atoms with Crippen LogP contribution >= 0.6 is 0 Å². The Hall–Kier alpha value is -6.04. The molecule has 0 amide bonds. The van der Waals surface area contributed by atoms with E-state index in [1.807, 2.05) is 72.8 Å². The minimum atomic E-state index is 0.166. The average Bonchev–Trinajstić information content (AvgIpc) is 3.76. The maximum Gasteiger partial charge on any atom is 0.320 e. The summed E-state index contributed by atoms with van der Waals surface area (Å²) >= 11 is 0. The van der Waals surface area contributed by atoms with Crippen LogP contribution in [-0.4, -0.2) is 34.6 Å². The normalized spacial score (nSPS) is 10.7. The molecule has 0 saturated carbocycles. The van der Waals surface area contributed by atoms with Crippen LogP contribution in [-0.2, 0) is 26.1 Å². The van der Waals surface area contributed by atoms with E-state index >= 15 is 0 Å². The summed E-state index contributed by atoms with van der Waals surface area (Å²) in [5, 5.41) is 22.2. The molecule has 0 spiro atoms. The number of aromatic nitrogens is 4. The number of rotatable bonds is 15. The monoisotopic (exact) mass is 620 g/mol. The lowest BCUT2D eigenvalue weighted by atomic mass is 10.0. The van der Waals surface area contributed by atoms with Crippen molar-refractivity contribution in [1.82, 2.24) is 20.4 Å². The molecular weight excluding hydrogens is 588 g/mol. The van der Waals surface area contributed by atoms with Crippen molar-refractivity contribution in [2.75, 3.05) is 24.9 Å². The highest BCUT2D eigenvalue weighted by molar-refractivity contribution is 5.54. The van der Waals surface area contributed by atoms with Gasteiger partial charge < -0.3 is 38.4 Å². The summed E-state index contributed by atoms with van der Waals surface area (Å²) in [5.41, 5.74) is 4.02. The Balaban J connectivity index is 0.909. The van der Waals surface area contributed by atoms with Gasteiger partial charge >= 0.3 is 12.0 Å². The lowest BCUT2D eigenvalue weighted by Gasteiger charge is -2.07. The molecule has 0 unspecified atom stereocenters. The molecule has 0 aliphatic heterocycles. The Morgan fingerprint density at radius 3 is 1.22 bits per heavy atom. The summed E-state index contributed by atoms with van der Waals surface area (Å²) in [4.78, 5) is 0. The quantitative estimate of drug-likeness (QED) is 0.123. The van der Waals surface area contributed by atoms with Gasteiger partial charge in [-0.25, -0.2) is 0 Å². The van der Waals surface area contributed by atoms with Gasteiger partial charge in [-0.3, -0.25) is 0 Å². The first-order valence-electron chi connectivity index (χ1n) is 14.5. The van der Waals surface area contributed by atoms with Gasteiger partial charge in [0.1, 0.15) is 23.0 Å². The summed E-state index contributed by atoms with van der Waals surface area (Å²) in [6.45, 7) is 0.332. The highest BCUT2D eigenvalue weighted by atomic mass is 16.5. The fraction of sp³-hybridized carbons (Fsp3) is 0.176. The van der Waals surface area contributed by atoms with Crippen molar-refractivity contribution in [1.29, 1.82) is 0 Å². The molecule has 12 nitrogen and oxygen atoms in total. The van der Waals surface area contributed by atoms with Gasteiger partial charge in [-0.2, -0.15) is 0 Å². The Bertz CT molecular complexity index is 1670. The van der Waals surface area contributed by atoms with E-state index in [0.29, 0.717) is 23.8 Å². The Morgan fingerprint density at radius 2 is 0.848 bits per heavy atom. The van der Waals surface area contributed by atoms with Crippen LogP contribution in [0.3, 0.4) is 0 Å². The van der Waals surface area contributed by atoms with Crippen LogP contribution in [0, 0.1) is 0 Å². The number of nitrogens with zero attached hydrogens (tertiary/aromatic N) is 4. The van der Waals surface area contributed by atoms with Crippen molar-refractivity contribution >= 4 is 23.4 Å². The third-order valence-electron chi connectivity index (χ3n) is 6.89. The zero-order chi connectivity index (χ0) is 31.6. The van der Waals surface area contributed by atoms with Crippen LogP contribution in [0.15, 0.2) is 106 Å². The summed E-state index contributed by atoms with van der Waals surface area (Å²) in [6, 6.07) is 31.4. The summed E-state index contributed by atoms with van der Waals surface area (Å²) < 4.78 is 33.3. The maximum atomic E-state index is 5.83. The standard InChI is InChI=1S/C34H32N6O6/c1-41-27-17-9-25(10-18-27)35-33-39-37-31(45-33)21-43-29-13-5-23(6-14-29)3-4-24-7-15-30(16-8-24)44-22-32-38-40-34(46-32)36-26-11-19-28(42-2)20-12-26/h5-20H,3-4,21-22H2,1-2H3,(H,35,39)(H,36,40). The molecule has 0 aliphatic rings. The molecule has 0 atom stereocenters. The molecule has 0 saturated heterocycles. The molecule has 0 bridgehead atoms. The average molecular weight is 621 g/mol. The SMILES string of the molecule is COc1ccc(Nc2nnc(COc3ccc(CCc4ccc(OCc5nnc(Nc6ccc(OC)cc6)o5)cc4)cc3)o2)cc1. The first kappa shape index (κ1) is 30.0. The Labute approximate surface area is 265 Å². The molecule has 6 aromatic rings. The summed E-state index contributed by atoms with van der Waals surface area (Å²) in [6.07, 6.45) is 1.77. The topological polar surface area (TPSA) is 139 Å². The van der Waals surface area contributed by atoms with Crippen molar-refractivity contribution in [2.24, 2.45) is 0 Å². The Morgan fingerprint density at radius 1 is 0.478 bits per heavy atom. The predicted octanol–water partition coefficient (Wildman–Crippen LogP) is 6.90. The number of methoxy groups -OCH3 is 2. The van der Waals surface area contributed by atoms with Crippen LogP contribution in [0.4, 0.5) is 23.4 Å². The van der Waals surface area contributed by atoms with E-state index in [0.717, 1.165) is 47.2 Å². The molecule has 2 N–H and O–H groups in total. The second kappa shape index (κ2) is 14.6. The van der Waals surface area contributed by atoms with E-state index in [1.165, 1.54) is 11.1 Å². The lowest BCUT2D eigenvalue weighted by molar-refractivity contribution is 0.265. The number of anilines is 4. The zero-order valence-electron chi connectivity index (χ0n) is 25.3. The van der Waals surface area contributed by atoms with Crippen molar-refractivity contribution in [3.63, 3.8) is 0 Å². The van der Waals surface area contributed by atoms with E-state index < -0.39 is 0 Å². The minimum absolute atomic E-state index is 0.166. The molecule has 2 aromatic heterocycles. The van der Waals surface area contributed by atoms with Gasteiger partial charge in [0.05, 0.1) is 14.2 Å². The van der Waals surface area contributed by atoms with Crippen molar-refractivity contribution in [2.45, 2.75) is 26.1 Å². The van der Waals surface area contributed by atoms with Crippen LogP contribution in [0.25, 0.3) is 0 Å². The van der Waals surface area contributed by atoms with Gasteiger partial charge in [0, 0.05) is 11.4 Å². The predicted molar refractivity (Wildman–Crippen MR) is 170 cm³/mol. The van der Waals surface area contributed by atoms with Gasteiger partial charge in [-0.1, -0.05) is 34.5 Å². The number of hydrogen-bond donors (Lipinski definition) is 2. The molecule has 2 heterocycles. The van der Waals surface area contributed by atoms with Crippen LogP contribution in [0.2, 0.25) is 0 Å². The lowest BCUT2D eigenvalue weighted by Crippen LogP contribution is -1.97. The summed E-state index contributed by atoms with van der Waals surface area (Å²) in [5.74, 6) is 3.72. The first-order valence-corrected chi connectivity index (χ1v) is 14.5. The highest BCUT2D eigenvalue weighted by Crippen LogP contribution is 2.22. The smallest absolute Gasteiger partial charge is 0.320 e. The van der Waals surface area contributed by atoms with Crippen LogP contribution in [0.1, 0.15) is 22.9 Å². The molecule has 4 aromatic carbocycles. The number of hydrogen-bond acceptors (Lipinski definition) is 12. The minimum Gasteiger partial charge on any atom is -0.497 e. The molecule has 0 fully saturated rings. The van der Waals surface area contributed by atoms with Crippen molar-refractivity contribution < 1.29 is 27.8 Å². The van der Waals surface area contributed by atoms with Crippen LogP contribution in [0.5, 0.6) is 23.0 Å². The van der Waals surface area contributed by atoms with E-state index in [2.05, 4.69) is 55.3 Å². The van der Waals surface area contributed by atoms with Gasteiger partial charge in [0.25, 0.3) is 11.8 Å². The number of nitrogens with one attached hydrogen (secondary N) is 2. The fourth-order valence-corrected chi connectivity index (χ4v) is 4.40. The maximum absolute atomic E-state index is 5.83. The van der Waals surface area contributed by atoms with E-state index in [1.54, 1.807) is 14.2 Å². The van der Waals surface area contributed by atoms with Gasteiger partial charge in [0.2, 0.25) is 0 Å². The van der Waals surface area contributed by atoms with E-state index in [9.17, 15) is 0 Å². The number of benzene rings is 4. The first-order chi connectivity index (χ1) is 22.6. The van der Waals surface area contributed by atoms with Crippen LogP contribution < -0.4 is 29.6 Å². The summed E-state index contributed by atoms with van der Waals surface area (Å²) in [7, 11) is 3.25. The number of ether oxygens (including phenoxy) is 4.